The highest BCUT2D eigenvalue weighted by molar-refractivity contribution is 7.71. The van der Waals surface area contributed by atoms with Gasteiger partial charge in [0.15, 0.2) is 4.77 Å². The van der Waals surface area contributed by atoms with Gasteiger partial charge in [-0.05, 0) is 18.6 Å². The predicted octanol–water partition coefficient (Wildman–Crippen LogP) is 2.22. The molecule has 0 saturated heterocycles. The zero-order valence-electron chi connectivity index (χ0n) is 13.2. The third-order valence-electron chi connectivity index (χ3n) is 3.16. The number of aromatic nitrogens is 2. The quantitative estimate of drug-likeness (QED) is 0.211. The highest BCUT2D eigenvalue weighted by Gasteiger charge is 2.10. The van der Waals surface area contributed by atoms with Gasteiger partial charge in [-0.1, -0.05) is 32.3 Å². The fraction of sp³-hybridized carbons (Fsp3) is 0.467. The van der Waals surface area contributed by atoms with Crippen molar-refractivity contribution in [3.63, 3.8) is 0 Å². The molecule has 7 nitrogen and oxygen atoms in total. The Morgan fingerprint density at radius 3 is 2.87 bits per heavy atom. The van der Waals surface area contributed by atoms with E-state index in [0.29, 0.717) is 6.42 Å². The number of allylic oxidation sites excluding steroid dienone is 1. The number of nitrogens with zero attached hydrogens (tertiary/aromatic N) is 2. The lowest BCUT2D eigenvalue weighted by atomic mass is 10.1. The summed E-state index contributed by atoms with van der Waals surface area (Å²) in [5, 5.41) is 13.8. The number of rotatable bonds is 9. The van der Waals surface area contributed by atoms with Crippen LogP contribution >= 0.6 is 12.2 Å². The van der Waals surface area contributed by atoms with E-state index in [4.69, 9.17) is 12.2 Å². The number of H-pyrrole nitrogens is 1. The zero-order valence-corrected chi connectivity index (χ0v) is 14.0. The summed E-state index contributed by atoms with van der Waals surface area (Å²) in [5.41, 5.74) is 1.69. The van der Waals surface area contributed by atoms with Crippen LogP contribution in [0.25, 0.3) is 0 Å². The first kappa shape index (κ1) is 18.8. The number of hydrogen-bond donors (Lipinski definition) is 3. The van der Waals surface area contributed by atoms with Crippen LogP contribution in [0.3, 0.4) is 0 Å². The van der Waals surface area contributed by atoms with Gasteiger partial charge in [0.25, 0.3) is 5.56 Å². The van der Waals surface area contributed by atoms with Crippen LogP contribution in [0.15, 0.2) is 22.6 Å². The maximum atomic E-state index is 11.8. The number of hydrogen-bond acceptors (Lipinski definition) is 5. The normalized spacial score (nSPS) is 10.8. The predicted molar refractivity (Wildman–Crippen MR) is 92.2 cm³/mol. The van der Waals surface area contributed by atoms with E-state index >= 15 is 0 Å². The molecule has 0 atom stereocenters. The molecule has 23 heavy (non-hydrogen) atoms. The van der Waals surface area contributed by atoms with Gasteiger partial charge in [-0.3, -0.25) is 19.1 Å². The van der Waals surface area contributed by atoms with Crippen molar-refractivity contribution in [3.8, 4) is 5.88 Å². The van der Waals surface area contributed by atoms with Crippen LogP contribution in [0.1, 0.15) is 44.6 Å². The minimum absolute atomic E-state index is 0.0771. The van der Waals surface area contributed by atoms with E-state index in [0.717, 1.165) is 31.9 Å². The Bertz CT molecular complexity index is 691. The maximum Gasteiger partial charge on any atom is 0.264 e. The lowest BCUT2D eigenvalue weighted by Gasteiger charge is -2.08. The Labute approximate surface area is 139 Å². The summed E-state index contributed by atoms with van der Waals surface area (Å²) in [4.78, 5) is 25.8. The lowest BCUT2D eigenvalue weighted by Crippen LogP contribution is -2.21. The third-order valence-corrected chi connectivity index (χ3v) is 3.48. The summed E-state index contributed by atoms with van der Waals surface area (Å²) in [7, 11) is 0. The molecule has 0 radical (unpaired) electrons. The number of aromatic hydroxyl groups is 1. The van der Waals surface area contributed by atoms with Gasteiger partial charge in [-0.25, -0.2) is 5.43 Å². The molecule has 3 N–H and O–H groups in total. The second kappa shape index (κ2) is 9.73. The molecule has 0 unspecified atom stereocenters. The standard InChI is InChI=1S/C15H22N4O3S/c1-3-5-6-7-8-12(20)18-16-10-11-13(21)17-15(23)19(9-4-2)14(11)22/h4,10,22H,2-3,5-9H2,1H3,(H,18,20)(H,17,21,23). The smallest absolute Gasteiger partial charge is 0.264 e. The van der Waals surface area contributed by atoms with Crippen LogP contribution < -0.4 is 11.0 Å². The van der Waals surface area contributed by atoms with Crippen LogP contribution in [0.2, 0.25) is 0 Å². The first-order chi connectivity index (χ1) is 11.0. The molecule has 0 spiro atoms. The molecule has 0 saturated carbocycles. The summed E-state index contributed by atoms with van der Waals surface area (Å²) >= 11 is 4.96. The van der Waals surface area contributed by atoms with Crippen LogP contribution in [-0.4, -0.2) is 26.8 Å². The van der Waals surface area contributed by atoms with Gasteiger partial charge in [0.05, 0.1) is 6.21 Å². The van der Waals surface area contributed by atoms with Crippen molar-refractivity contribution in [2.24, 2.45) is 5.10 Å². The third kappa shape index (κ3) is 5.82. The highest BCUT2D eigenvalue weighted by atomic mass is 32.1. The lowest BCUT2D eigenvalue weighted by molar-refractivity contribution is -0.121. The van der Waals surface area contributed by atoms with Crippen LogP contribution in [0, 0.1) is 4.77 Å². The Morgan fingerprint density at radius 1 is 1.48 bits per heavy atom. The number of aromatic amines is 1. The molecule has 0 aliphatic carbocycles. The average Bonchev–Trinajstić information content (AvgIpc) is 2.51. The molecule has 1 aromatic rings. The Kier molecular flexibility index (Phi) is 7.96. The first-order valence-electron chi connectivity index (χ1n) is 7.50. The second-order valence-electron chi connectivity index (χ2n) is 5.00. The molecular formula is C15H22N4O3S. The van der Waals surface area contributed by atoms with E-state index < -0.39 is 5.56 Å². The molecule has 126 valence electrons. The van der Waals surface area contributed by atoms with E-state index in [1.165, 1.54) is 10.6 Å². The highest BCUT2D eigenvalue weighted by Crippen LogP contribution is 2.11. The minimum Gasteiger partial charge on any atom is -0.494 e. The molecule has 0 bridgehead atoms. The summed E-state index contributed by atoms with van der Waals surface area (Å²) in [6.07, 6.45) is 7.00. The monoisotopic (exact) mass is 338 g/mol. The Morgan fingerprint density at radius 2 is 2.22 bits per heavy atom. The molecule has 1 aromatic heterocycles. The number of carbonyl (C=O) groups excluding carboxylic acids is 1. The van der Waals surface area contributed by atoms with Crippen LogP contribution in [0.5, 0.6) is 5.88 Å². The van der Waals surface area contributed by atoms with Gasteiger partial charge in [-0.2, -0.15) is 5.10 Å². The fourth-order valence-corrected chi connectivity index (χ4v) is 2.18. The van der Waals surface area contributed by atoms with Gasteiger partial charge in [0, 0.05) is 13.0 Å². The topological polar surface area (TPSA) is 99.5 Å². The van der Waals surface area contributed by atoms with Gasteiger partial charge < -0.3 is 5.11 Å². The zero-order chi connectivity index (χ0) is 17.2. The number of hydrazone groups is 1. The Hall–Kier alpha value is -2.22. The molecule has 0 fully saturated rings. The number of nitrogens with one attached hydrogen (secondary N) is 2. The first-order valence-corrected chi connectivity index (χ1v) is 7.91. The second-order valence-corrected chi connectivity index (χ2v) is 5.39. The van der Waals surface area contributed by atoms with Crippen molar-refractivity contribution >= 4 is 24.3 Å². The molecule has 0 aromatic carbocycles. The number of amides is 1. The van der Waals surface area contributed by atoms with Crippen molar-refractivity contribution in [2.75, 3.05) is 0 Å². The van der Waals surface area contributed by atoms with Crippen molar-refractivity contribution in [1.82, 2.24) is 15.0 Å². The average molecular weight is 338 g/mol. The van der Waals surface area contributed by atoms with E-state index in [-0.39, 0.29) is 28.7 Å². The van der Waals surface area contributed by atoms with Gasteiger partial charge in [0.2, 0.25) is 11.8 Å². The summed E-state index contributed by atoms with van der Waals surface area (Å²) in [5.74, 6) is -0.549. The van der Waals surface area contributed by atoms with Gasteiger partial charge in [-0.15, -0.1) is 6.58 Å². The summed E-state index contributed by atoms with van der Waals surface area (Å²) in [6.45, 7) is 5.90. The minimum atomic E-state index is -0.575. The van der Waals surface area contributed by atoms with Gasteiger partial charge in [0.1, 0.15) is 5.56 Å². The Balaban J connectivity index is 2.75. The molecule has 8 heteroatoms. The van der Waals surface area contributed by atoms with Crippen LogP contribution in [-0.2, 0) is 11.3 Å². The molecule has 0 aliphatic heterocycles. The number of unbranched alkanes of at least 4 members (excludes halogenated alkanes) is 3. The molecule has 1 heterocycles. The summed E-state index contributed by atoms with van der Waals surface area (Å²) < 4.78 is 1.39. The maximum absolute atomic E-state index is 11.8. The molecule has 1 rings (SSSR count). The largest absolute Gasteiger partial charge is 0.494 e. The van der Waals surface area contributed by atoms with Crippen LogP contribution in [0.4, 0.5) is 0 Å². The van der Waals surface area contributed by atoms with Crippen molar-refractivity contribution in [1.29, 1.82) is 0 Å². The van der Waals surface area contributed by atoms with Crippen molar-refractivity contribution in [3.05, 3.63) is 33.3 Å². The number of carbonyl (C=O) groups is 1. The molecular weight excluding hydrogens is 316 g/mol. The van der Waals surface area contributed by atoms with E-state index in [2.05, 4.69) is 29.0 Å². The summed E-state index contributed by atoms with van der Waals surface area (Å²) in [6, 6.07) is 0. The molecule has 1 amide bonds. The van der Waals surface area contributed by atoms with E-state index in [9.17, 15) is 14.7 Å². The van der Waals surface area contributed by atoms with E-state index in [1.54, 1.807) is 0 Å². The van der Waals surface area contributed by atoms with Gasteiger partial charge >= 0.3 is 0 Å². The van der Waals surface area contributed by atoms with E-state index in [1.807, 2.05) is 0 Å². The molecule has 0 aliphatic rings. The van der Waals surface area contributed by atoms with Crippen molar-refractivity contribution < 1.29 is 9.90 Å². The SMILES string of the molecule is C=CCn1c(O)c(C=NNC(=O)CCCCCC)c(=O)[nH]c1=S. The van der Waals surface area contributed by atoms with Crippen molar-refractivity contribution in [2.45, 2.75) is 45.6 Å². The fourth-order valence-electron chi connectivity index (χ4n) is 1.93.